The maximum atomic E-state index is 12.8. The summed E-state index contributed by atoms with van der Waals surface area (Å²) in [7, 11) is 1.63. The molecule has 0 heterocycles. The number of hydrogen-bond donors (Lipinski definition) is 1. The molecule has 0 unspecified atom stereocenters. The van der Waals surface area contributed by atoms with Crippen molar-refractivity contribution in [2.45, 2.75) is 33.2 Å². The van der Waals surface area contributed by atoms with E-state index in [1.54, 1.807) is 7.11 Å². The zero-order chi connectivity index (χ0) is 20.9. The molecule has 4 nitrogen and oxygen atoms in total. The number of allylic oxidation sites excluding steroid dienone is 3. The van der Waals surface area contributed by atoms with Gasteiger partial charge in [0.1, 0.15) is 11.5 Å². The summed E-state index contributed by atoms with van der Waals surface area (Å²) in [5.41, 5.74) is 2.62. The normalized spacial score (nSPS) is 17.1. The first-order valence-electron chi connectivity index (χ1n) is 9.74. The molecule has 0 fully saturated rings. The van der Waals surface area contributed by atoms with Crippen LogP contribution in [0.4, 0.5) is 0 Å². The molecule has 0 saturated heterocycles. The van der Waals surface area contributed by atoms with Gasteiger partial charge in [0.05, 0.1) is 24.9 Å². The van der Waals surface area contributed by atoms with E-state index in [2.05, 4.69) is 4.99 Å². The third kappa shape index (κ3) is 5.44. The molecule has 150 valence electrons. The molecule has 0 bridgehead atoms. The third-order valence-electron chi connectivity index (χ3n) is 4.93. The van der Waals surface area contributed by atoms with Crippen molar-refractivity contribution in [3.63, 3.8) is 0 Å². The van der Waals surface area contributed by atoms with Gasteiger partial charge in [0, 0.05) is 12.8 Å². The summed E-state index contributed by atoms with van der Waals surface area (Å²) < 4.78 is 5.19. The molecule has 0 saturated carbocycles. The van der Waals surface area contributed by atoms with E-state index < -0.39 is 0 Å². The van der Waals surface area contributed by atoms with E-state index in [9.17, 15) is 9.90 Å². The Morgan fingerprint density at radius 3 is 2.41 bits per heavy atom. The van der Waals surface area contributed by atoms with Crippen LogP contribution in [0.25, 0.3) is 6.08 Å². The lowest BCUT2D eigenvalue weighted by Gasteiger charge is -2.29. The minimum Gasteiger partial charge on any atom is -0.511 e. The highest BCUT2D eigenvalue weighted by Gasteiger charge is 2.34. The van der Waals surface area contributed by atoms with Gasteiger partial charge < -0.3 is 9.84 Å². The van der Waals surface area contributed by atoms with E-state index in [0.29, 0.717) is 30.7 Å². The van der Waals surface area contributed by atoms with E-state index >= 15 is 0 Å². The number of carbonyl (C=O) groups is 1. The van der Waals surface area contributed by atoms with Crippen molar-refractivity contribution in [1.29, 1.82) is 0 Å². The van der Waals surface area contributed by atoms with Gasteiger partial charge in [-0.1, -0.05) is 62.4 Å². The van der Waals surface area contributed by atoms with Crippen LogP contribution in [0.2, 0.25) is 0 Å². The van der Waals surface area contributed by atoms with Gasteiger partial charge in [-0.2, -0.15) is 0 Å². The molecule has 0 aliphatic heterocycles. The largest absolute Gasteiger partial charge is 0.511 e. The number of benzene rings is 2. The highest BCUT2D eigenvalue weighted by Crippen LogP contribution is 2.36. The first-order chi connectivity index (χ1) is 13.9. The van der Waals surface area contributed by atoms with Crippen LogP contribution in [-0.4, -0.2) is 23.7 Å². The summed E-state index contributed by atoms with van der Waals surface area (Å²) in [6.07, 6.45) is 4.60. The highest BCUT2D eigenvalue weighted by molar-refractivity contribution is 6.28. The van der Waals surface area contributed by atoms with Crippen LogP contribution in [-0.2, 0) is 11.3 Å². The summed E-state index contributed by atoms with van der Waals surface area (Å²) in [5.74, 6) is 0.842. The van der Waals surface area contributed by atoms with Crippen molar-refractivity contribution >= 4 is 17.6 Å². The van der Waals surface area contributed by atoms with Crippen molar-refractivity contribution in [3.8, 4) is 5.75 Å². The second-order valence-corrected chi connectivity index (χ2v) is 8.06. The Balaban J connectivity index is 1.94. The van der Waals surface area contributed by atoms with Crippen LogP contribution in [0.5, 0.6) is 5.75 Å². The van der Waals surface area contributed by atoms with Crippen LogP contribution in [0.15, 0.2) is 77.0 Å². The Kier molecular flexibility index (Phi) is 6.32. The zero-order valence-electron chi connectivity index (χ0n) is 17.2. The Labute approximate surface area is 172 Å². The smallest absolute Gasteiger partial charge is 0.168 e. The topological polar surface area (TPSA) is 58.9 Å². The minimum absolute atomic E-state index is 0.0649. The summed E-state index contributed by atoms with van der Waals surface area (Å²) >= 11 is 0. The molecule has 2 aromatic carbocycles. The fourth-order valence-electron chi connectivity index (χ4n) is 3.44. The van der Waals surface area contributed by atoms with Gasteiger partial charge in [-0.25, -0.2) is 0 Å². The number of ketones is 1. The van der Waals surface area contributed by atoms with Crippen LogP contribution >= 0.6 is 0 Å². The van der Waals surface area contributed by atoms with Gasteiger partial charge in [-0.3, -0.25) is 9.79 Å². The van der Waals surface area contributed by atoms with Crippen molar-refractivity contribution in [2.24, 2.45) is 10.4 Å². The van der Waals surface area contributed by atoms with Gasteiger partial charge in [0.15, 0.2) is 5.78 Å². The monoisotopic (exact) mass is 389 g/mol. The number of ether oxygens (including phenoxy) is 1. The SMILES string of the molecule is COc1ccc(CN=C(/C=C/c2ccccc2)C2=C(O)CC(C)(C)CC2=O)cc1. The lowest BCUT2D eigenvalue weighted by atomic mass is 9.75. The molecule has 4 heteroatoms. The number of aliphatic hydroxyl groups is 1. The second kappa shape index (κ2) is 8.91. The van der Waals surface area contributed by atoms with E-state index in [-0.39, 0.29) is 17.0 Å². The maximum Gasteiger partial charge on any atom is 0.168 e. The predicted octanol–water partition coefficient (Wildman–Crippen LogP) is 5.55. The van der Waals surface area contributed by atoms with Gasteiger partial charge in [-0.05, 0) is 34.8 Å². The molecule has 2 aromatic rings. The summed E-state index contributed by atoms with van der Waals surface area (Å²) in [6, 6.07) is 17.5. The second-order valence-electron chi connectivity index (χ2n) is 8.06. The molecule has 0 radical (unpaired) electrons. The van der Waals surface area contributed by atoms with E-state index in [4.69, 9.17) is 4.74 Å². The molecule has 29 heavy (non-hydrogen) atoms. The number of carbonyl (C=O) groups excluding carboxylic acids is 1. The molecule has 0 aromatic heterocycles. The number of rotatable bonds is 6. The number of aliphatic imine (C=N–C) groups is 1. The van der Waals surface area contributed by atoms with Crippen molar-refractivity contribution in [2.75, 3.05) is 7.11 Å². The predicted molar refractivity (Wildman–Crippen MR) is 117 cm³/mol. The van der Waals surface area contributed by atoms with Gasteiger partial charge >= 0.3 is 0 Å². The van der Waals surface area contributed by atoms with Gasteiger partial charge in [-0.15, -0.1) is 0 Å². The van der Waals surface area contributed by atoms with Crippen molar-refractivity contribution in [3.05, 3.63) is 83.1 Å². The molecule has 1 aliphatic rings. The summed E-state index contributed by atoms with van der Waals surface area (Å²) in [4.78, 5) is 17.5. The number of nitrogens with zero attached hydrogens (tertiary/aromatic N) is 1. The summed E-state index contributed by atoms with van der Waals surface area (Å²) in [6.45, 7) is 4.39. The van der Waals surface area contributed by atoms with Gasteiger partial charge in [0.2, 0.25) is 0 Å². The standard InChI is InChI=1S/C25H27NO3/c1-25(2)15-22(27)24(23(28)16-25)21(14-11-18-7-5-4-6-8-18)26-17-19-9-12-20(29-3)13-10-19/h4-14,27H,15-17H2,1-3H3/b14-11+,26-21?. The number of aliphatic hydroxyl groups excluding tert-OH is 1. The lowest BCUT2D eigenvalue weighted by molar-refractivity contribution is -0.117. The third-order valence-corrected chi connectivity index (χ3v) is 4.93. The van der Waals surface area contributed by atoms with Crippen LogP contribution in [0, 0.1) is 5.41 Å². The Morgan fingerprint density at radius 1 is 1.10 bits per heavy atom. The lowest BCUT2D eigenvalue weighted by Crippen LogP contribution is -2.28. The van der Waals surface area contributed by atoms with Crippen LogP contribution < -0.4 is 4.74 Å². The first kappa shape index (κ1) is 20.6. The van der Waals surface area contributed by atoms with Gasteiger partial charge in [0.25, 0.3) is 0 Å². The molecule has 0 spiro atoms. The van der Waals surface area contributed by atoms with Crippen molar-refractivity contribution < 1.29 is 14.6 Å². The zero-order valence-corrected chi connectivity index (χ0v) is 17.2. The molecular formula is C25H27NO3. The average molecular weight is 389 g/mol. The van der Waals surface area contributed by atoms with E-state index in [1.165, 1.54) is 0 Å². The first-order valence-corrected chi connectivity index (χ1v) is 9.74. The fourth-order valence-corrected chi connectivity index (χ4v) is 3.44. The Hall–Kier alpha value is -3.14. The number of hydrogen-bond acceptors (Lipinski definition) is 4. The average Bonchev–Trinajstić information content (AvgIpc) is 2.69. The Bertz CT molecular complexity index is 951. The molecule has 3 rings (SSSR count). The maximum absolute atomic E-state index is 12.8. The molecule has 0 amide bonds. The number of Topliss-reactive ketones (excluding diaryl/α,β-unsaturated/α-hetero) is 1. The molecule has 1 N–H and O–H groups in total. The minimum atomic E-state index is -0.241. The summed E-state index contributed by atoms with van der Waals surface area (Å²) in [5, 5.41) is 10.6. The highest BCUT2D eigenvalue weighted by atomic mass is 16.5. The van der Waals surface area contributed by atoms with Crippen LogP contribution in [0.3, 0.4) is 0 Å². The van der Waals surface area contributed by atoms with E-state index in [0.717, 1.165) is 16.9 Å². The van der Waals surface area contributed by atoms with Crippen molar-refractivity contribution in [1.82, 2.24) is 0 Å². The van der Waals surface area contributed by atoms with Crippen LogP contribution in [0.1, 0.15) is 37.8 Å². The Morgan fingerprint density at radius 2 is 1.79 bits per heavy atom. The fraction of sp³-hybridized carbons (Fsp3) is 0.280. The molecular weight excluding hydrogens is 362 g/mol. The molecule has 0 atom stereocenters. The number of methoxy groups -OCH3 is 1. The molecule has 1 aliphatic carbocycles. The quantitative estimate of drug-likeness (QED) is 0.659. The van der Waals surface area contributed by atoms with E-state index in [1.807, 2.05) is 80.6 Å².